The van der Waals surface area contributed by atoms with Crippen molar-refractivity contribution in [3.63, 3.8) is 0 Å². The van der Waals surface area contributed by atoms with E-state index in [2.05, 4.69) is 5.32 Å². The van der Waals surface area contributed by atoms with Gasteiger partial charge in [0, 0.05) is 12.1 Å². The van der Waals surface area contributed by atoms with Crippen LogP contribution in [-0.2, 0) is 0 Å². The number of alkyl halides is 1. The number of rotatable bonds is 2. The number of hydrogen-bond acceptors (Lipinski definition) is 1. The Labute approximate surface area is 86.5 Å². The summed E-state index contributed by atoms with van der Waals surface area (Å²) in [5.74, 6) is 0. The van der Waals surface area contributed by atoms with Crippen molar-refractivity contribution >= 4 is 0 Å². The Bertz CT molecular complexity index is 164. The second kappa shape index (κ2) is 5.11. The number of nitrogens with one attached hydrogen (secondary N) is 1. The summed E-state index contributed by atoms with van der Waals surface area (Å²) in [5, 5.41) is 3.53. The molecule has 2 aliphatic carbocycles. The van der Waals surface area contributed by atoms with E-state index in [1.54, 1.807) is 0 Å². The molecular formula is C12H22FN. The Balaban J connectivity index is 1.77. The Morgan fingerprint density at radius 2 is 1.50 bits per heavy atom. The van der Waals surface area contributed by atoms with Crippen LogP contribution in [0.3, 0.4) is 0 Å². The van der Waals surface area contributed by atoms with Gasteiger partial charge >= 0.3 is 0 Å². The largest absolute Gasteiger partial charge is 0.308 e. The first-order valence-corrected chi connectivity index (χ1v) is 6.26. The van der Waals surface area contributed by atoms with Gasteiger partial charge in [-0.1, -0.05) is 25.7 Å². The lowest BCUT2D eigenvalue weighted by Gasteiger charge is -2.22. The fourth-order valence-electron chi connectivity index (χ4n) is 2.85. The molecule has 82 valence electrons. The van der Waals surface area contributed by atoms with Crippen molar-refractivity contribution in [2.45, 2.75) is 76.0 Å². The van der Waals surface area contributed by atoms with Gasteiger partial charge in [-0.05, 0) is 32.1 Å². The van der Waals surface area contributed by atoms with Crippen molar-refractivity contribution in [1.29, 1.82) is 0 Å². The summed E-state index contributed by atoms with van der Waals surface area (Å²) in [7, 11) is 0. The van der Waals surface area contributed by atoms with Gasteiger partial charge in [-0.2, -0.15) is 0 Å². The fourth-order valence-corrected chi connectivity index (χ4v) is 2.85. The molecule has 0 bridgehead atoms. The molecule has 0 spiro atoms. The molecule has 2 heteroatoms. The second-order valence-electron chi connectivity index (χ2n) is 4.91. The third-order valence-electron chi connectivity index (χ3n) is 3.74. The molecule has 2 fully saturated rings. The molecule has 0 aliphatic heterocycles. The minimum absolute atomic E-state index is 0.179. The first-order chi connectivity index (χ1) is 6.86. The molecule has 0 unspecified atom stereocenters. The standard InChI is InChI=1S/C12H22FN/c13-11-8-5-9-12(11)14-10-6-3-1-2-4-7-10/h10-12,14H,1-9H2/t11-,12-/m1/s1. The summed E-state index contributed by atoms with van der Waals surface area (Å²) < 4.78 is 13.4. The topological polar surface area (TPSA) is 12.0 Å². The van der Waals surface area contributed by atoms with Crippen LogP contribution in [0.1, 0.15) is 57.8 Å². The Morgan fingerprint density at radius 1 is 0.786 bits per heavy atom. The van der Waals surface area contributed by atoms with Crippen LogP contribution in [-0.4, -0.2) is 18.3 Å². The fraction of sp³-hybridized carbons (Fsp3) is 1.00. The van der Waals surface area contributed by atoms with Gasteiger partial charge in [-0.3, -0.25) is 0 Å². The zero-order valence-electron chi connectivity index (χ0n) is 8.97. The van der Waals surface area contributed by atoms with Crippen LogP contribution in [0.5, 0.6) is 0 Å². The van der Waals surface area contributed by atoms with Crippen molar-refractivity contribution in [3.05, 3.63) is 0 Å². The maximum atomic E-state index is 13.4. The van der Waals surface area contributed by atoms with E-state index in [4.69, 9.17) is 0 Å². The molecule has 2 rings (SSSR count). The summed E-state index contributed by atoms with van der Waals surface area (Å²) in [5.41, 5.74) is 0. The first kappa shape index (κ1) is 10.4. The summed E-state index contributed by atoms with van der Waals surface area (Å²) in [6, 6.07) is 0.789. The maximum Gasteiger partial charge on any atom is 0.115 e. The van der Waals surface area contributed by atoms with E-state index in [1.165, 1.54) is 38.5 Å². The van der Waals surface area contributed by atoms with Crippen molar-refractivity contribution in [3.8, 4) is 0 Å². The van der Waals surface area contributed by atoms with Crippen LogP contribution in [0.25, 0.3) is 0 Å². The van der Waals surface area contributed by atoms with Gasteiger partial charge in [0.15, 0.2) is 0 Å². The van der Waals surface area contributed by atoms with Crippen molar-refractivity contribution in [1.82, 2.24) is 5.32 Å². The second-order valence-corrected chi connectivity index (χ2v) is 4.91. The molecule has 14 heavy (non-hydrogen) atoms. The van der Waals surface area contributed by atoms with Crippen LogP contribution in [0.4, 0.5) is 4.39 Å². The smallest absolute Gasteiger partial charge is 0.115 e. The lowest BCUT2D eigenvalue weighted by molar-refractivity contribution is 0.256. The molecule has 0 aromatic carbocycles. The molecule has 0 radical (unpaired) electrons. The zero-order chi connectivity index (χ0) is 9.80. The summed E-state index contributed by atoms with van der Waals surface area (Å²) >= 11 is 0. The van der Waals surface area contributed by atoms with Gasteiger partial charge in [0.25, 0.3) is 0 Å². The molecule has 1 nitrogen and oxygen atoms in total. The molecule has 0 aromatic heterocycles. The van der Waals surface area contributed by atoms with E-state index in [-0.39, 0.29) is 6.04 Å². The minimum Gasteiger partial charge on any atom is -0.308 e. The highest BCUT2D eigenvalue weighted by Crippen LogP contribution is 2.25. The Kier molecular flexibility index (Phi) is 3.80. The van der Waals surface area contributed by atoms with Gasteiger partial charge in [0.05, 0.1) is 0 Å². The predicted molar refractivity (Wildman–Crippen MR) is 57.2 cm³/mol. The third-order valence-corrected chi connectivity index (χ3v) is 3.74. The quantitative estimate of drug-likeness (QED) is 0.673. The lowest BCUT2D eigenvalue weighted by atomic mass is 10.1. The minimum atomic E-state index is -0.571. The number of halogens is 1. The molecular weight excluding hydrogens is 177 g/mol. The van der Waals surface area contributed by atoms with Gasteiger partial charge < -0.3 is 5.32 Å². The van der Waals surface area contributed by atoms with Gasteiger partial charge in [0.1, 0.15) is 6.17 Å². The highest BCUT2D eigenvalue weighted by Gasteiger charge is 2.28. The van der Waals surface area contributed by atoms with E-state index in [1.807, 2.05) is 0 Å². The molecule has 2 atom stereocenters. The molecule has 0 aromatic rings. The van der Waals surface area contributed by atoms with E-state index in [9.17, 15) is 4.39 Å². The molecule has 1 N–H and O–H groups in total. The van der Waals surface area contributed by atoms with E-state index >= 15 is 0 Å². The SMILES string of the molecule is F[C@@H]1CCC[C@H]1NC1CCCCCC1. The van der Waals surface area contributed by atoms with Gasteiger partial charge in [-0.25, -0.2) is 4.39 Å². The lowest BCUT2D eigenvalue weighted by Crippen LogP contribution is -2.41. The first-order valence-electron chi connectivity index (χ1n) is 6.26. The van der Waals surface area contributed by atoms with Crippen molar-refractivity contribution in [2.24, 2.45) is 0 Å². The van der Waals surface area contributed by atoms with Gasteiger partial charge in [0.2, 0.25) is 0 Å². The molecule has 2 aliphatic rings. The third kappa shape index (κ3) is 2.69. The Morgan fingerprint density at radius 3 is 2.07 bits per heavy atom. The maximum absolute atomic E-state index is 13.4. The predicted octanol–water partition coefficient (Wildman–Crippen LogP) is 3.19. The highest BCUT2D eigenvalue weighted by atomic mass is 19.1. The van der Waals surface area contributed by atoms with Crippen LogP contribution in [0.2, 0.25) is 0 Å². The Hall–Kier alpha value is -0.110. The molecule has 0 heterocycles. The monoisotopic (exact) mass is 199 g/mol. The van der Waals surface area contributed by atoms with E-state index < -0.39 is 6.17 Å². The van der Waals surface area contributed by atoms with Crippen LogP contribution in [0.15, 0.2) is 0 Å². The number of hydrogen-bond donors (Lipinski definition) is 1. The van der Waals surface area contributed by atoms with Crippen LogP contribution in [0, 0.1) is 0 Å². The average molecular weight is 199 g/mol. The zero-order valence-corrected chi connectivity index (χ0v) is 8.97. The molecule has 0 saturated heterocycles. The summed E-state index contributed by atoms with van der Waals surface area (Å²) in [6.07, 6.45) is 10.3. The van der Waals surface area contributed by atoms with E-state index in [0.29, 0.717) is 6.04 Å². The van der Waals surface area contributed by atoms with Crippen LogP contribution >= 0.6 is 0 Å². The molecule has 2 saturated carbocycles. The normalized spacial score (nSPS) is 35.8. The van der Waals surface area contributed by atoms with Crippen molar-refractivity contribution < 1.29 is 4.39 Å². The van der Waals surface area contributed by atoms with Crippen LogP contribution < -0.4 is 5.32 Å². The van der Waals surface area contributed by atoms with Crippen molar-refractivity contribution in [2.75, 3.05) is 0 Å². The molecule has 0 amide bonds. The van der Waals surface area contributed by atoms with E-state index in [0.717, 1.165) is 19.3 Å². The highest BCUT2D eigenvalue weighted by molar-refractivity contribution is 4.86. The van der Waals surface area contributed by atoms with Gasteiger partial charge in [-0.15, -0.1) is 0 Å². The average Bonchev–Trinajstić information content (AvgIpc) is 2.44. The summed E-state index contributed by atoms with van der Waals surface area (Å²) in [6.45, 7) is 0. The summed E-state index contributed by atoms with van der Waals surface area (Å²) in [4.78, 5) is 0.